The average molecular weight is 240 g/mol. The van der Waals surface area contributed by atoms with Crippen LogP contribution in [0.1, 0.15) is 40.0 Å². The number of likely N-dealkylation sites (tertiary alicyclic amines) is 1. The van der Waals surface area contributed by atoms with Crippen LogP contribution >= 0.6 is 0 Å². The SMILES string of the molecule is CCC1CN(CCC(=O)NC(C)C)CCC1=O. The highest BCUT2D eigenvalue weighted by Crippen LogP contribution is 2.15. The van der Waals surface area contributed by atoms with Crippen LogP contribution in [0.3, 0.4) is 0 Å². The van der Waals surface area contributed by atoms with Gasteiger partial charge in [0, 0.05) is 44.4 Å². The summed E-state index contributed by atoms with van der Waals surface area (Å²) in [7, 11) is 0. The van der Waals surface area contributed by atoms with Gasteiger partial charge in [0.15, 0.2) is 0 Å². The number of nitrogens with one attached hydrogen (secondary N) is 1. The number of ketones is 1. The molecular formula is C13H24N2O2. The van der Waals surface area contributed by atoms with E-state index in [2.05, 4.69) is 17.1 Å². The second kappa shape index (κ2) is 6.74. The van der Waals surface area contributed by atoms with Gasteiger partial charge in [-0.2, -0.15) is 0 Å². The van der Waals surface area contributed by atoms with Gasteiger partial charge in [0.1, 0.15) is 5.78 Å². The van der Waals surface area contributed by atoms with E-state index in [4.69, 9.17) is 0 Å². The molecule has 0 aliphatic carbocycles. The standard InChI is InChI=1S/C13H24N2O2/c1-4-11-9-15(7-5-12(11)16)8-6-13(17)14-10(2)3/h10-11H,4-9H2,1-3H3,(H,14,17). The number of rotatable bonds is 5. The molecule has 1 aliphatic heterocycles. The van der Waals surface area contributed by atoms with Crippen molar-refractivity contribution in [1.82, 2.24) is 10.2 Å². The van der Waals surface area contributed by atoms with Crippen molar-refractivity contribution in [2.24, 2.45) is 5.92 Å². The zero-order valence-corrected chi connectivity index (χ0v) is 11.2. The lowest BCUT2D eigenvalue weighted by Crippen LogP contribution is -2.42. The Morgan fingerprint density at radius 3 is 2.82 bits per heavy atom. The molecule has 0 bridgehead atoms. The van der Waals surface area contributed by atoms with E-state index in [0.717, 1.165) is 26.1 Å². The summed E-state index contributed by atoms with van der Waals surface area (Å²) >= 11 is 0. The fourth-order valence-electron chi connectivity index (χ4n) is 2.19. The van der Waals surface area contributed by atoms with Gasteiger partial charge in [-0.15, -0.1) is 0 Å². The lowest BCUT2D eigenvalue weighted by atomic mass is 9.94. The van der Waals surface area contributed by atoms with Crippen molar-refractivity contribution in [3.8, 4) is 0 Å². The maximum absolute atomic E-state index is 11.5. The molecule has 0 saturated carbocycles. The monoisotopic (exact) mass is 240 g/mol. The van der Waals surface area contributed by atoms with E-state index in [1.807, 2.05) is 13.8 Å². The fraction of sp³-hybridized carbons (Fsp3) is 0.846. The summed E-state index contributed by atoms with van der Waals surface area (Å²) in [5.41, 5.74) is 0. The quantitative estimate of drug-likeness (QED) is 0.785. The molecule has 1 fully saturated rings. The molecule has 1 aliphatic rings. The molecule has 1 heterocycles. The van der Waals surface area contributed by atoms with Gasteiger partial charge in [0.25, 0.3) is 0 Å². The summed E-state index contributed by atoms with van der Waals surface area (Å²) in [6.45, 7) is 8.38. The molecule has 0 aromatic heterocycles. The van der Waals surface area contributed by atoms with E-state index < -0.39 is 0 Å². The Balaban J connectivity index is 2.28. The summed E-state index contributed by atoms with van der Waals surface area (Å²) in [5, 5.41) is 2.88. The molecule has 4 heteroatoms. The van der Waals surface area contributed by atoms with Crippen LogP contribution in [0.25, 0.3) is 0 Å². The van der Waals surface area contributed by atoms with Crippen molar-refractivity contribution in [3.05, 3.63) is 0 Å². The maximum atomic E-state index is 11.5. The topological polar surface area (TPSA) is 49.4 Å². The third-order valence-electron chi connectivity index (χ3n) is 3.21. The molecule has 1 rings (SSSR count). The molecule has 0 spiro atoms. The first-order valence-electron chi connectivity index (χ1n) is 6.57. The third-order valence-corrected chi connectivity index (χ3v) is 3.21. The van der Waals surface area contributed by atoms with E-state index in [0.29, 0.717) is 18.6 Å². The average Bonchev–Trinajstić information content (AvgIpc) is 2.27. The predicted molar refractivity (Wildman–Crippen MR) is 67.7 cm³/mol. The summed E-state index contributed by atoms with van der Waals surface area (Å²) in [6, 6.07) is 0.203. The smallest absolute Gasteiger partial charge is 0.221 e. The van der Waals surface area contributed by atoms with Crippen LogP contribution in [-0.4, -0.2) is 42.3 Å². The molecule has 1 amide bonds. The molecule has 98 valence electrons. The second-order valence-corrected chi connectivity index (χ2v) is 5.09. The van der Waals surface area contributed by atoms with Gasteiger partial charge in [-0.1, -0.05) is 6.92 Å². The molecule has 1 atom stereocenters. The van der Waals surface area contributed by atoms with E-state index in [1.54, 1.807) is 0 Å². The Morgan fingerprint density at radius 1 is 1.53 bits per heavy atom. The minimum atomic E-state index is 0.102. The van der Waals surface area contributed by atoms with Crippen molar-refractivity contribution >= 4 is 11.7 Å². The van der Waals surface area contributed by atoms with Crippen LogP contribution in [0, 0.1) is 5.92 Å². The Labute approximate surface area is 104 Å². The van der Waals surface area contributed by atoms with E-state index in [9.17, 15) is 9.59 Å². The number of carbonyl (C=O) groups excluding carboxylic acids is 2. The van der Waals surface area contributed by atoms with Gasteiger partial charge in [0.2, 0.25) is 5.91 Å². The highest BCUT2D eigenvalue weighted by Gasteiger charge is 2.25. The number of Topliss-reactive ketones (excluding diaryl/α,β-unsaturated/α-hetero) is 1. The van der Waals surface area contributed by atoms with Crippen molar-refractivity contribution in [2.45, 2.75) is 46.1 Å². The summed E-state index contributed by atoms with van der Waals surface area (Å²) in [6.07, 6.45) is 2.08. The van der Waals surface area contributed by atoms with Gasteiger partial charge < -0.3 is 10.2 Å². The Hall–Kier alpha value is -0.900. The number of piperidine rings is 1. The molecule has 4 nitrogen and oxygen atoms in total. The molecule has 0 radical (unpaired) electrons. The molecule has 1 unspecified atom stereocenters. The minimum absolute atomic E-state index is 0.102. The van der Waals surface area contributed by atoms with Gasteiger partial charge in [-0.3, -0.25) is 9.59 Å². The van der Waals surface area contributed by atoms with Crippen LogP contribution in [0.5, 0.6) is 0 Å². The molecule has 0 aromatic carbocycles. The van der Waals surface area contributed by atoms with Crippen molar-refractivity contribution in [1.29, 1.82) is 0 Å². The van der Waals surface area contributed by atoms with Crippen LogP contribution < -0.4 is 5.32 Å². The largest absolute Gasteiger partial charge is 0.354 e. The Kier molecular flexibility index (Phi) is 5.62. The zero-order chi connectivity index (χ0) is 12.8. The van der Waals surface area contributed by atoms with Gasteiger partial charge in [-0.05, 0) is 20.3 Å². The predicted octanol–water partition coefficient (Wildman–Crippen LogP) is 1.20. The normalized spacial score (nSPS) is 21.9. The first-order valence-corrected chi connectivity index (χ1v) is 6.57. The van der Waals surface area contributed by atoms with Crippen LogP contribution in [0.2, 0.25) is 0 Å². The number of amides is 1. The zero-order valence-electron chi connectivity index (χ0n) is 11.2. The van der Waals surface area contributed by atoms with Crippen molar-refractivity contribution < 1.29 is 9.59 Å². The van der Waals surface area contributed by atoms with E-state index in [1.165, 1.54) is 0 Å². The van der Waals surface area contributed by atoms with Crippen molar-refractivity contribution in [3.63, 3.8) is 0 Å². The highest BCUT2D eigenvalue weighted by molar-refractivity contribution is 5.82. The molecule has 17 heavy (non-hydrogen) atoms. The number of hydrogen-bond donors (Lipinski definition) is 1. The molecular weight excluding hydrogens is 216 g/mol. The summed E-state index contributed by atoms with van der Waals surface area (Å²) in [4.78, 5) is 25.3. The molecule has 1 N–H and O–H groups in total. The lowest BCUT2D eigenvalue weighted by Gasteiger charge is -2.31. The van der Waals surface area contributed by atoms with E-state index in [-0.39, 0.29) is 17.9 Å². The third kappa shape index (κ3) is 4.86. The number of nitrogens with zero attached hydrogens (tertiary/aromatic N) is 1. The number of carbonyl (C=O) groups is 2. The Bertz CT molecular complexity index is 277. The van der Waals surface area contributed by atoms with Crippen LogP contribution in [0.15, 0.2) is 0 Å². The Morgan fingerprint density at radius 2 is 2.24 bits per heavy atom. The van der Waals surface area contributed by atoms with Gasteiger partial charge in [0.05, 0.1) is 0 Å². The minimum Gasteiger partial charge on any atom is -0.354 e. The van der Waals surface area contributed by atoms with E-state index >= 15 is 0 Å². The molecule has 1 saturated heterocycles. The summed E-state index contributed by atoms with van der Waals surface area (Å²) < 4.78 is 0. The van der Waals surface area contributed by atoms with Gasteiger partial charge >= 0.3 is 0 Å². The number of hydrogen-bond acceptors (Lipinski definition) is 3. The molecule has 0 aromatic rings. The summed E-state index contributed by atoms with van der Waals surface area (Å²) in [5.74, 6) is 0.664. The van der Waals surface area contributed by atoms with Crippen molar-refractivity contribution in [2.75, 3.05) is 19.6 Å². The lowest BCUT2D eigenvalue weighted by molar-refractivity contribution is -0.126. The fourth-order valence-corrected chi connectivity index (χ4v) is 2.19. The van der Waals surface area contributed by atoms with Crippen LogP contribution in [0.4, 0.5) is 0 Å². The van der Waals surface area contributed by atoms with Crippen LogP contribution in [-0.2, 0) is 9.59 Å². The second-order valence-electron chi connectivity index (χ2n) is 5.09. The maximum Gasteiger partial charge on any atom is 0.221 e. The first-order chi connectivity index (χ1) is 8.02. The van der Waals surface area contributed by atoms with Gasteiger partial charge in [-0.25, -0.2) is 0 Å². The first kappa shape index (κ1) is 14.2. The highest BCUT2D eigenvalue weighted by atomic mass is 16.1.